The van der Waals surface area contributed by atoms with Crippen LogP contribution in [-0.4, -0.2) is 86.5 Å². The lowest BCUT2D eigenvalue weighted by Crippen LogP contribution is -2.52. The predicted molar refractivity (Wildman–Crippen MR) is 125 cm³/mol. The average Bonchev–Trinajstić information content (AvgIpc) is 3.23. The van der Waals surface area contributed by atoms with Gasteiger partial charge in [0.25, 0.3) is 5.91 Å². The molecule has 2 saturated heterocycles. The van der Waals surface area contributed by atoms with Crippen LogP contribution in [0.1, 0.15) is 67.5 Å². The fraction of sp³-hybridized carbons (Fsp3) is 0.680. The number of fused-ring (bicyclic) bond motifs is 1. The maximum atomic E-state index is 13.6. The van der Waals surface area contributed by atoms with Crippen molar-refractivity contribution in [3.8, 4) is 0 Å². The summed E-state index contributed by atoms with van der Waals surface area (Å²) >= 11 is 0. The molecule has 4 heterocycles. The van der Waals surface area contributed by atoms with Gasteiger partial charge in [-0.05, 0) is 44.4 Å². The molecular weight excluding hydrogens is 402 g/mol. The fourth-order valence-electron chi connectivity index (χ4n) is 5.92. The van der Waals surface area contributed by atoms with Gasteiger partial charge >= 0.3 is 0 Å². The van der Waals surface area contributed by atoms with Gasteiger partial charge in [-0.15, -0.1) is 0 Å². The maximum absolute atomic E-state index is 13.6. The highest BCUT2D eigenvalue weighted by Crippen LogP contribution is 2.25. The molecule has 5 rings (SSSR count). The third kappa shape index (κ3) is 4.43. The molecule has 0 aromatic carbocycles. The summed E-state index contributed by atoms with van der Waals surface area (Å²) in [7, 11) is 0. The number of amides is 1. The molecule has 7 nitrogen and oxygen atoms in total. The van der Waals surface area contributed by atoms with Crippen LogP contribution in [0, 0.1) is 0 Å². The Labute approximate surface area is 191 Å². The molecule has 2 aromatic heterocycles. The van der Waals surface area contributed by atoms with E-state index < -0.39 is 0 Å². The van der Waals surface area contributed by atoms with Crippen molar-refractivity contribution in [3.05, 3.63) is 35.8 Å². The smallest absolute Gasteiger partial charge is 0.274 e. The summed E-state index contributed by atoms with van der Waals surface area (Å²) in [5.41, 5.74) is 2.37. The molecule has 0 radical (unpaired) electrons. The van der Waals surface area contributed by atoms with Crippen molar-refractivity contribution >= 4 is 11.6 Å². The van der Waals surface area contributed by atoms with Crippen molar-refractivity contribution in [3.63, 3.8) is 0 Å². The van der Waals surface area contributed by atoms with E-state index in [0.717, 1.165) is 63.3 Å². The molecule has 0 unspecified atom stereocenters. The summed E-state index contributed by atoms with van der Waals surface area (Å²) in [6.45, 7) is 5.29. The zero-order valence-corrected chi connectivity index (χ0v) is 19.2. The first kappa shape index (κ1) is 21.9. The highest BCUT2D eigenvalue weighted by molar-refractivity contribution is 5.94. The summed E-state index contributed by atoms with van der Waals surface area (Å²) in [4.78, 5) is 25.4. The van der Waals surface area contributed by atoms with Gasteiger partial charge in [-0.3, -0.25) is 14.6 Å². The predicted octanol–water partition coefficient (Wildman–Crippen LogP) is 2.77. The zero-order chi connectivity index (χ0) is 21.9. The van der Waals surface area contributed by atoms with Crippen molar-refractivity contribution < 1.29 is 9.90 Å². The highest BCUT2D eigenvalue weighted by atomic mass is 16.3. The molecule has 1 atom stereocenters. The minimum atomic E-state index is 0.0598. The van der Waals surface area contributed by atoms with Crippen molar-refractivity contribution in [2.45, 2.75) is 70.0 Å². The Hall–Kier alpha value is -1.96. The molecule has 174 valence electrons. The Morgan fingerprint density at radius 2 is 1.75 bits per heavy atom. The van der Waals surface area contributed by atoms with Crippen molar-refractivity contribution in [1.82, 2.24) is 24.1 Å². The van der Waals surface area contributed by atoms with Crippen LogP contribution in [-0.2, 0) is 6.54 Å². The van der Waals surface area contributed by atoms with Gasteiger partial charge in [0.2, 0.25) is 0 Å². The first-order valence-corrected chi connectivity index (χ1v) is 12.6. The Bertz CT molecular complexity index is 914. The Morgan fingerprint density at radius 3 is 2.53 bits per heavy atom. The number of hydrogen-bond donors (Lipinski definition) is 1. The number of piperidine rings is 1. The van der Waals surface area contributed by atoms with Crippen molar-refractivity contribution in [2.75, 3.05) is 39.3 Å². The van der Waals surface area contributed by atoms with Crippen LogP contribution in [0.3, 0.4) is 0 Å². The lowest BCUT2D eigenvalue weighted by molar-refractivity contribution is 0.0513. The molecule has 3 aliphatic rings. The van der Waals surface area contributed by atoms with Crippen LogP contribution < -0.4 is 0 Å². The summed E-state index contributed by atoms with van der Waals surface area (Å²) in [5.74, 6) is 0.0598. The first-order valence-electron chi connectivity index (χ1n) is 12.6. The number of pyridine rings is 1. The normalized spacial score (nSPS) is 24.3. The Morgan fingerprint density at radius 1 is 0.969 bits per heavy atom. The number of nitrogens with zero attached hydrogens (tertiary/aromatic N) is 5. The van der Waals surface area contributed by atoms with E-state index in [-0.39, 0.29) is 18.6 Å². The van der Waals surface area contributed by atoms with Crippen LogP contribution >= 0.6 is 0 Å². The standard InChI is InChI=1S/C25H37N5O2/c31-19-21-10-4-6-12-29(21)18-22-24(26-23-11-5-7-13-30(22)23)25(32)28-16-14-27(15-17-28)20-8-2-1-3-9-20/h5,7,11,13,20-21,31H,1-4,6,8-10,12,14-19H2/t21-/m1/s1. The molecule has 2 aliphatic heterocycles. The van der Waals surface area contributed by atoms with E-state index in [1.165, 1.54) is 32.1 Å². The van der Waals surface area contributed by atoms with E-state index in [0.29, 0.717) is 18.3 Å². The summed E-state index contributed by atoms with van der Waals surface area (Å²) in [5, 5.41) is 9.87. The molecule has 0 bridgehead atoms. The lowest BCUT2D eigenvalue weighted by Gasteiger charge is -2.40. The number of aromatic nitrogens is 2. The topological polar surface area (TPSA) is 64.3 Å². The summed E-state index contributed by atoms with van der Waals surface area (Å²) in [6.07, 6.45) is 12.0. The number of imidazole rings is 1. The second-order valence-electron chi connectivity index (χ2n) is 9.76. The van der Waals surface area contributed by atoms with Crippen LogP contribution in [0.2, 0.25) is 0 Å². The molecule has 1 amide bonds. The van der Waals surface area contributed by atoms with E-state index in [2.05, 4.69) is 14.2 Å². The van der Waals surface area contributed by atoms with Crippen LogP contribution in [0.4, 0.5) is 0 Å². The van der Waals surface area contributed by atoms with E-state index in [1.54, 1.807) is 0 Å². The monoisotopic (exact) mass is 439 g/mol. The van der Waals surface area contributed by atoms with Gasteiger partial charge in [0.05, 0.1) is 12.3 Å². The molecule has 32 heavy (non-hydrogen) atoms. The van der Waals surface area contributed by atoms with Gasteiger partial charge in [0, 0.05) is 51.0 Å². The quantitative estimate of drug-likeness (QED) is 0.776. The number of aliphatic hydroxyl groups excluding tert-OH is 1. The van der Waals surface area contributed by atoms with E-state index in [4.69, 9.17) is 4.98 Å². The number of aliphatic hydroxyl groups is 1. The van der Waals surface area contributed by atoms with E-state index in [1.807, 2.05) is 29.3 Å². The van der Waals surface area contributed by atoms with Gasteiger partial charge in [-0.1, -0.05) is 31.7 Å². The number of likely N-dealkylation sites (tertiary alicyclic amines) is 1. The largest absolute Gasteiger partial charge is 0.395 e. The second-order valence-corrected chi connectivity index (χ2v) is 9.76. The second kappa shape index (κ2) is 9.89. The molecule has 7 heteroatoms. The molecule has 0 spiro atoms. The van der Waals surface area contributed by atoms with Gasteiger partial charge in [-0.2, -0.15) is 0 Å². The third-order valence-electron chi connectivity index (χ3n) is 7.84. The molecule has 1 saturated carbocycles. The molecule has 2 aromatic rings. The van der Waals surface area contributed by atoms with Gasteiger partial charge in [0.1, 0.15) is 5.65 Å². The minimum Gasteiger partial charge on any atom is -0.395 e. The molecule has 1 aliphatic carbocycles. The van der Waals surface area contributed by atoms with Crippen molar-refractivity contribution in [1.29, 1.82) is 0 Å². The number of carbonyl (C=O) groups is 1. The average molecular weight is 440 g/mol. The SMILES string of the molecule is O=C(c1nc2ccccn2c1CN1CCCC[C@@H]1CO)N1CCN(C2CCCCC2)CC1. The van der Waals surface area contributed by atoms with Crippen LogP contribution in [0.25, 0.3) is 5.65 Å². The van der Waals surface area contributed by atoms with Gasteiger partial charge in [0.15, 0.2) is 5.69 Å². The summed E-state index contributed by atoms with van der Waals surface area (Å²) < 4.78 is 2.06. The van der Waals surface area contributed by atoms with Crippen LogP contribution in [0.15, 0.2) is 24.4 Å². The number of piperazine rings is 1. The Kier molecular flexibility index (Phi) is 6.76. The number of rotatable bonds is 5. The van der Waals surface area contributed by atoms with E-state index in [9.17, 15) is 9.90 Å². The first-order chi connectivity index (χ1) is 15.7. The molecule has 1 N–H and O–H groups in total. The van der Waals surface area contributed by atoms with Crippen LogP contribution in [0.5, 0.6) is 0 Å². The Balaban J connectivity index is 1.34. The molecular formula is C25H37N5O2. The third-order valence-corrected chi connectivity index (χ3v) is 7.84. The maximum Gasteiger partial charge on any atom is 0.274 e. The fourth-order valence-corrected chi connectivity index (χ4v) is 5.92. The van der Waals surface area contributed by atoms with Crippen molar-refractivity contribution in [2.24, 2.45) is 0 Å². The lowest BCUT2D eigenvalue weighted by atomic mass is 9.94. The zero-order valence-electron chi connectivity index (χ0n) is 19.2. The van der Waals surface area contributed by atoms with E-state index >= 15 is 0 Å². The minimum absolute atomic E-state index is 0.0598. The molecule has 3 fully saturated rings. The van der Waals surface area contributed by atoms with Gasteiger partial charge in [-0.25, -0.2) is 4.98 Å². The summed E-state index contributed by atoms with van der Waals surface area (Å²) in [6, 6.07) is 6.82. The highest BCUT2D eigenvalue weighted by Gasteiger charge is 2.31. The number of carbonyl (C=O) groups excluding carboxylic acids is 1. The van der Waals surface area contributed by atoms with Gasteiger partial charge < -0.3 is 14.4 Å². The number of hydrogen-bond acceptors (Lipinski definition) is 5.